The van der Waals surface area contributed by atoms with E-state index in [4.69, 9.17) is 0 Å². The largest absolute Gasteiger partial charge is 0.416 e. The number of ketones is 1. The minimum absolute atomic E-state index is 0.0423. The summed E-state index contributed by atoms with van der Waals surface area (Å²) in [4.78, 5) is 13.0. The van der Waals surface area contributed by atoms with Crippen LogP contribution in [-0.2, 0) is 25.3 Å². The number of aromatic nitrogens is 3. The number of benzene rings is 3. The van der Waals surface area contributed by atoms with Crippen LogP contribution in [-0.4, -0.2) is 20.8 Å². The van der Waals surface area contributed by atoms with Crippen molar-refractivity contribution in [2.45, 2.75) is 31.7 Å². The van der Waals surface area contributed by atoms with Gasteiger partial charge in [0.05, 0.1) is 23.4 Å². The third kappa shape index (κ3) is 6.04. The van der Waals surface area contributed by atoms with E-state index in [2.05, 4.69) is 10.3 Å². The van der Waals surface area contributed by atoms with Crippen LogP contribution in [0.2, 0.25) is 0 Å². The van der Waals surface area contributed by atoms with Gasteiger partial charge in [-0.05, 0) is 41.8 Å². The standard InChI is InChI=1S/C26H18F7N3O/c27-21-9-5-4-6-17(21)10-11-22(37)23-24(18-7-2-1-3-8-18)36(35-34-23)15-16-12-19(25(28,29)30)14-20(13-16)26(31,32)33/h1-9,12-14H,10-11,15H2. The number of hydrogen-bond acceptors (Lipinski definition) is 3. The van der Waals surface area contributed by atoms with Crippen molar-refractivity contribution in [2.75, 3.05) is 0 Å². The van der Waals surface area contributed by atoms with Gasteiger partial charge in [-0.3, -0.25) is 4.79 Å². The fraction of sp³-hybridized carbons (Fsp3) is 0.192. The molecule has 0 fully saturated rings. The third-order valence-electron chi connectivity index (χ3n) is 5.61. The van der Waals surface area contributed by atoms with Gasteiger partial charge >= 0.3 is 12.4 Å². The second kappa shape index (κ2) is 10.2. The molecule has 0 aliphatic rings. The van der Waals surface area contributed by atoms with Crippen LogP contribution >= 0.6 is 0 Å². The average molecular weight is 521 g/mol. The molecule has 1 aromatic heterocycles. The Labute approximate surface area is 206 Å². The van der Waals surface area contributed by atoms with Crippen LogP contribution in [0.25, 0.3) is 11.3 Å². The zero-order valence-corrected chi connectivity index (χ0v) is 18.9. The molecule has 0 atom stereocenters. The molecule has 0 spiro atoms. The molecule has 0 bridgehead atoms. The summed E-state index contributed by atoms with van der Waals surface area (Å²) >= 11 is 0. The van der Waals surface area contributed by atoms with Crippen molar-refractivity contribution in [2.24, 2.45) is 0 Å². The summed E-state index contributed by atoms with van der Waals surface area (Å²) in [7, 11) is 0. The van der Waals surface area contributed by atoms with E-state index in [1.807, 2.05) is 0 Å². The van der Waals surface area contributed by atoms with E-state index in [1.165, 1.54) is 18.2 Å². The summed E-state index contributed by atoms with van der Waals surface area (Å²) in [5.74, 6) is -0.986. The van der Waals surface area contributed by atoms with Gasteiger partial charge in [-0.2, -0.15) is 26.3 Å². The lowest BCUT2D eigenvalue weighted by molar-refractivity contribution is -0.143. The SMILES string of the molecule is O=C(CCc1ccccc1F)c1nnn(Cc2cc(C(F)(F)F)cc(C(F)(F)F)c2)c1-c1ccccc1. The number of aryl methyl sites for hydroxylation is 1. The minimum Gasteiger partial charge on any atom is -0.292 e. The second-order valence-corrected chi connectivity index (χ2v) is 8.24. The number of carbonyl (C=O) groups excluding carboxylic acids is 1. The summed E-state index contributed by atoms with van der Waals surface area (Å²) in [5.41, 5.74) is -2.48. The zero-order chi connectivity index (χ0) is 26.8. The molecule has 3 aromatic carbocycles. The number of halogens is 7. The number of carbonyl (C=O) groups is 1. The number of nitrogens with zero attached hydrogens (tertiary/aromatic N) is 3. The molecule has 4 nitrogen and oxygen atoms in total. The minimum atomic E-state index is -5.01. The normalized spacial score (nSPS) is 12.1. The molecule has 0 saturated carbocycles. The first-order chi connectivity index (χ1) is 17.4. The Morgan fingerprint density at radius 3 is 2.00 bits per heavy atom. The maximum atomic E-state index is 14.0. The maximum Gasteiger partial charge on any atom is 0.416 e. The zero-order valence-electron chi connectivity index (χ0n) is 18.9. The van der Waals surface area contributed by atoms with Crippen molar-refractivity contribution in [1.82, 2.24) is 15.0 Å². The summed E-state index contributed by atoms with van der Waals surface area (Å²) in [6, 6.07) is 15.4. The quantitative estimate of drug-likeness (QED) is 0.195. The van der Waals surface area contributed by atoms with E-state index in [-0.39, 0.29) is 35.9 Å². The Bertz CT molecular complexity index is 1380. The van der Waals surface area contributed by atoms with E-state index >= 15 is 0 Å². The lowest BCUT2D eigenvalue weighted by Crippen LogP contribution is -2.13. The van der Waals surface area contributed by atoms with E-state index in [1.54, 1.807) is 36.4 Å². The maximum absolute atomic E-state index is 14.0. The first-order valence-electron chi connectivity index (χ1n) is 11.0. The third-order valence-corrected chi connectivity index (χ3v) is 5.61. The van der Waals surface area contributed by atoms with E-state index in [0.29, 0.717) is 23.3 Å². The van der Waals surface area contributed by atoms with Gasteiger partial charge in [0.1, 0.15) is 5.82 Å². The van der Waals surface area contributed by atoms with Crippen LogP contribution in [0.4, 0.5) is 30.7 Å². The van der Waals surface area contributed by atoms with Crippen molar-refractivity contribution in [3.05, 3.63) is 107 Å². The summed E-state index contributed by atoms with van der Waals surface area (Å²) < 4.78 is 94.9. The van der Waals surface area contributed by atoms with E-state index < -0.39 is 41.6 Å². The van der Waals surface area contributed by atoms with Crippen molar-refractivity contribution >= 4 is 5.78 Å². The highest BCUT2D eigenvalue weighted by Crippen LogP contribution is 2.37. The predicted molar refractivity (Wildman–Crippen MR) is 120 cm³/mol. The average Bonchev–Trinajstić information content (AvgIpc) is 3.26. The van der Waals surface area contributed by atoms with Gasteiger partial charge < -0.3 is 0 Å². The lowest BCUT2D eigenvalue weighted by atomic mass is 10.0. The highest BCUT2D eigenvalue weighted by molar-refractivity contribution is 5.99. The fourth-order valence-corrected chi connectivity index (χ4v) is 3.84. The van der Waals surface area contributed by atoms with Crippen LogP contribution in [0.15, 0.2) is 72.8 Å². The molecule has 0 N–H and O–H groups in total. The highest BCUT2D eigenvalue weighted by Gasteiger charge is 2.37. The smallest absolute Gasteiger partial charge is 0.292 e. The van der Waals surface area contributed by atoms with Gasteiger partial charge in [-0.15, -0.1) is 5.10 Å². The molecule has 0 amide bonds. The van der Waals surface area contributed by atoms with Gasteiger partial charge in [0.15, 0.2) is 11.5 Å². The predicted octanol–water partition coefficient (Wildman–Crippen LogP) is 6.99. The molecule has 0 saturated heterocycles. The molecule has 4 rings (SSSR count). The molecule has 1 heterocycles. The van der Waals surface area contributed by atoms with Crippen molar-refractivity contribution in [1.29, 1.82) is 0 Å². The molecule has 192 valence electrons. The van der Waals surface area contributed by atoms with Crippen molar-refractivity contribution in [3.8, 4) is 11.3 Å². The molecule has 0 aliphatic carbocycles. The molecular weight excluding hydrogens is 503 g/mol. The van der Waals surface area contributed by atoms with Crippen molar-refractivity contribution in [3.63, 3.8) is 0 Å². The number of rotatable bonds is 7. The van der Waals surface area contributed by atoms with Gasteiger partial charge in [-0.25, -0.2) is 9.07 Å². The molecular formula is C26H18F7N3O. The van der Waals surface area contributed by atoms with E-state index in [0.717, 1.165) is 4.68 Å². The molecule has 0 unspecified atom stereocenters. The molecule has 0 radical (unpaired) electrons. The Morgan fingerprint density at radius 2 is 1.41 bits per heavy atom. The van der Waals surface area contributed by atoms with Crippen molar-refractivity contribution < 1.29 is 35.5 Å². The lowest BCUT2D eigenvalue weighted by Gasteiger charge is -2.15. The van der Waals surface area contributed by atoms with Crippen LogP contribution < -0.4 is 0 Å². The van der Waals surface area contributed by atoms with Gasteiger partial charge in [-0.1, -0.05) is 53.7 Å². The van der Waals surface area contributed by atoms with Gasteiger partial charge in [0.2, 0.25) is 0 Å². The molecule has 37 heavy (non-hydrogen) atoms. The molecule has 0 aliphatic heterocycles. The Morgan fingerprint density at radius 1 is 0.811 bits per heavy atom. The summed E-state index contributed by atoms with van der Waals surface area (Å²) in [6.07, 6.45) is -10.1. The Hall–Kier alpha value is -4.02. The van der Waals surface area contributed by atoms with Crippen LogP contribution in [0.1, 0.15) is 39.2 Å². The Balaban J connectivity index is 1.72. The first kappa shape index (κ1) is 26.1. The highest BCUT2D eigenvalue weighted by atomic mass is 19.4. The fourth-order valence-electron chi connectivity index (χ4n) is 3.84. The number of alkyl halides is 6. The van der Waals surface area contributed by atoms with Crippen LogP contribution in [0.5, 0.6) is 0 Å². The van der Waals surface area contributed by atoms with Gasteiger partial charge in [0.25, 0.3) is 0 Å². The molecule has 4 aromatic rings. The second-order valence-electron chi connectivity index (χ2n) is 8.24. The summed E-state index contributed by atoms with van der Waals surface area (Å²) in [5, 5.41) is 7.77. The number of Topliss-reactive ketones (excluding diaryl/α,β-unsaturated/α-hetero) is 1. The van der Waals surface area contributed by atoms with Gasteiger partial charge in [0, 0.05) is 12.0 Å². The number of hydrogen-bond donors (Lipinski definition) is 0. The Kier molecular flexibility index (Phi) is 7.15. The molecule has 11 heteroatoms. The van der Waals surface area contributed by atoms with Crippen LogP contribution in [0, 0.1) is 5.82 Å². The topological polar surface area (TPSA) is 47.8 Å². The summed E-state index contributed by atoms with van der Waals surface area (Å²) in [6.45, 7) is -0.509. The van der Waals surface area contributed by atoms with E-state index in [9.17, 15) is 35.5 Å². The monoisotopic (exact) mass is 521 g/mol. The first-order valence-corrected chi connectivity index (χ1v) is 11.0. The van der Waals surface area contributed by atoms with Crippen LogP contribution in [0.3, 0.4) is 0 Å².